The van der Waals surface area contributed by atoms with E-state index in [1.165, 1.54) is 19.1 Å². The van der Waals surface area contributed by atoms with Crippen LogP contribution in [0.2, 0.25) is 0 Å². The van der Waals surface area contributed by atoms with Gasteiger partial charge in [0, 0.05) is 16.9 Å². The van der Waals surface area contributed by atoms with E-state index < -0.39 is 11.8 Å². The Kier molecular flexibility index (Phi) is 5.47. The number of anilines is 2. The van der Waals surface area contributed by atoms with Crippen molar-refractivity contribution in [2.75, 3.05) is 11.1 Å². The Morgan fingerprint density at radius 1 is 1.12 bits per heavy atom. The number of aliphatic hydroxyl groups is 1. The molecule has 0 aliphatic carbocycles. The van der Waals surface area contributed by atoms with Crippen LogP contribution in [0.3, 0.4) is 0 Å². The molecule has 2 rings (SSSR count). The standard InChI is InChI=1S/C17H17N5O3/c1-10(23)15(17(25)20-13-7-5-12(18)6-8-13)22-21-14-4-2-3-11(9-14)16(19)24/h2-9,23H,18H2,1H3,(H2,19,24)(H,20,25)/b15-10+,22-21?. The summed E-state index contributed by atoms with van der Waals surface area (Å²) in [5, 5.41) is 19.9. The SMILES string of the molecule is C/C(O)=C(\N=Nc1cccc(C(N)=O)c1)C(=O)Nc1ccc(N)cc1. The second-order valence-corrected chi connectivity index (χ2v) is 5.12. The highest BCUT2D eigenvalue weighted by atomic mass is 16.3. The largest absolute Gasteiger partial charge is 0.510 e. The number of hydrogen-bond donors (Lipinski definition) is 4. The summed E-state index contributed by atoms with van der Waals surface area (Å²) in [7, 11) is 0. The van der Waals surface area contributed by atoms with E-state index in [1.54, 1.807) is 36.4 Å². The maximum atomic E-state index is 12.2. The van der Waals surface area contributed by atoms with Crippen LogP contribution >= 0.6 is 0 Å². The third-order valence-corrected chi connectivity index (χ3v) is 3.12. The maximum Gasteiger partial charge on any atom is 0.279 e. The molecule has 0 spiro atoms. The van der Waals surface area contributed by atoms with Crippen LogP contribution in [0.1, 0.15) is 17.3 Å². The molecule has 0 radical (unpaired) electrons. The molecule has 0 aliphatic heterocycles. The Bertz CT molecular complexity index is 853. The molecule has 128 valence electrons. The summed E-state index contributed by atoms with van der Waals surface area (Å²) in [5.74, 6) is -1.55. The summed E-state index contributed by atoms with van der Waals surface area (Å²) in [5.41, 5.74) is 12.1. The fourth-order valence-electron chi connectivity index (χ4n) is 1.87. The molecular formula is C17H17N5O3. The summed E-state index contributed by atoms with van der Waals surface area (Å²) in [4.78, 5) is 23.4. The maximum absolute atomic E-state index is 12.2. The van der Waals surface area contributed by atoms with Crippen molar-refractivity contribution in [1.29, 1.82) is 0 Å². The number of nitrogens with one attached hydrogen (secondary N) is 1. The molecule has 2 amide bonds. The van der Waals surface area contributed by atoms with Crippen LogP contribution in [-0.2, 0) is 4.79 Å². The first-order valence-corrected chi connectivity index (χ1v) is 7.25. The number of benzene rings is 2. The van der Waals surface area contributed by atoms with Crippen LogP contribution in [0, 0.1) is 0 Å². The number of amides is 2. The van der Waals surface area contributed by atoms with Crippen LogP contribution in [-0.4, -0.2) is 16.9 Å². The van der Waals surface area contributed by atoms with E-state index in [9.17, 15) is 14.7 Å². The van der Waals surface area contributed by atoms with Crippen molar-refractivity contribution in [2.24, 2.45) is 16.0 Å². The topological polar surface area (TPSA) is 143 Å². The Morgan fingerprint density at radius 3 is 2.40 bits per heavy atom. The number of rotatable bonds is 5. The first-order valence-electron chi connectivity index (χ1n) is 7.25. The van der Waals surface area contributed by atoms with E-state index in [2.05, 4.69) is 15.5 Å². The summed E-state index contributed by atoms with van der Waals surface area (Å²) in [6, 6.07) is 12.6. The second kappa shape index (κ2) is 7.73. The number of carbonyl (C=O) groups excluding carboxylic acids is 2. The molecule has 0 heterocycles. The van der Waals surface area contributed by atoms with Crippen molar-refractivity contribution in [3.05, 3.63) is 65.6 Å². The van der Waals surface area contributed by atoms with Crippen LogP contribution in [0.5, 0.6) is 0 Å². The molecule has 0 fully saturated rings. The van der Waals surface area contributed by atoms with Gasteiger partial charge in [0.2, 0.25) is 5.91 Å². The molecule has 6 N–H and O–H groups in total. The Hall–Kier alpha value is -3.68. The number of nitrogens with zero attached hydrogens (tertiary/aromatic N) is 2. The normalized spacial score (nSPS) is 11.9. The second-order valence-electron chi connectivity index (χ2n) is 5.12. The van der Waals surface area contributed by atoms with Crippen molar-refractivity contribution in [2.45, 2.75) is 6.92 Å². The highest BCUT2D eigenvalue weighted by Crippen LogP contribution is 2.18. The van der Waals surface area contributed by atoms with Gasteiger partial charge in [0.15, 0.2) is 5.70 Å². The molecule has 0 aromatic heterocycles. The van der Waals surface area contributed by atoms with Gasteiger partial charge >= 0.3 is 0 Å². The molecule has 0 atom stereocenters. The third kappa shape index (κ3) is 4.90. The van der Waals surface area contributed by atoms with Crippen molar-refractivity contribution < 1.29 is 14.7 Å². The Morgan fingerprint density at radius 2 is 1.80 bits per heavy atom. The molecular weight excluding hydrogens is 322 g/mol. The Balaban J connectivity index is 2.19. The molecule has 2 aromatic carbocycles. The van der Waals surface area contributed by atoms with Crippen LogP contribution in [0.25, 0.3) is 0 Å². The lowest BCUT2D eigenvalue weighted by Crippen LogP contribution is -2.14. The quantitative estimate of drug-likeness (QED) is 0.287. The molecule has 8 heteroatoms. The highest BCUT2D eigenvalue weighted by molar-refractivity contribution is 6.03. The summed E-state index contributed by atoms with van der Waals surface area (Å²) < 4.78 is 0. The van der Waals surface area contributed by atoms with Crippen molar-refractivity contribution in [3.8, 4) is 0 Å². The lowest BCUT2D eigenvalue weighted by atomic mass is 10.2. The monoisotopic (exact) mass is 339 g/mol. The molecule has 0 bridgehead atoms. The van der Waals surface area contributed by atoms with Crippen LogP contribution < -0.4 is 16.8 Å². The predicted octanol–water partition coefficient (Wildman–Crippen LogP) is 2.88. The van der Waals surface area contributed by atoms with Crippen LogP contribution in [0.15, 0.2) is 70.2 Å². The summed E-state index contributed by atoms with van der Waals surface area (Å²) in [6.07, 6.45) is 0. The van der Waals surface area contributed by atoms with E-state index in [1.807, 2.05) is 0 Å². The fraction of sp³-hybridized carbons (Fsp3) is 0.0588. The molecule has 25 heavy (non-hydrogen) atoms. The first kappa shape index (κ1) is 17.7. The van der Waals surface area contributed by atoms with Gasteiger partial charge in [-0.1, -0.05) is 6.07 Å². The average molecular weight is 339 g/mol. The number of azo groups is 1. The van der Waals surface area contributed by atoms with Gasteiger partial charge in [0.1, 0.15) is 5.76 Å². The lowest BCUT2D eigenvalue weighted by molar-refractivity contribution is -0.113. The molecule has 0 saturated carbocycles. The van der Waals surface area contributed by atoms with E-state index in [0.29, 0.717) is 17.1 Å². The van der Waals surface area contributed by atoms with Gasteiger partial charge < -0.3 is 21.9 Å². The highest BCUT2D eigenvalue weighted by Gasteiger charge is 2.13. The van der Waals surface area contributed by atoms with E-state index in [4.69, 9.17) is 11.5 Å². The van der Waals surface area contributed by atoms with Gasteiger partial charge in [-0.25, -0.2) is 0 Å². The third-order valence-electron chi connectivity index (χ3n) is 3.12. The van der Waals surface area contributed by atoms with Gasteiger partial charge in [0.05, 0.1) is 5.69 Å². The minimum Gasteiger partial charge on any atom is -0.510 e. The Labute approximate surface area is 143 Å². The van der Waals surface area contributed by atoms with Crippen molar-refractivity contribution in [1.82, 2.24) is 0 Å². The van der Waals surface area contributed by atoms with Gasteiger partial charge in [-0.15, -0.1) is 5.11 Å². The molecule has 0 aliphatic rings. The van der Waals surface area contributed by atoms with Crippen LogP contribution in [0.4, 0.5) is 17.1 Å². The predicted molar refractivity (Wildman–Crippen MR) is 94.3 cm³/mol. The van der Waals surface area contributed by atoms with Gasteiger partial charge in [0.25, 0.3) is 5.91 Å². The number of primary amides is 1. The molecule has 8 nitrogen and oxygen atoms in total. The molecule has 0 saturated heterocycles. The fourth-order valence-corrected chi connectivity index (χ4v) is 1.87. The minimum absolute atomic E-state index is 0.258. The van der Waals surface area contributed by atoms with Gasteiger partial charge in [-0.2, -0.15) is 5.11 Å². The number of nitrogen functional groups attached to an aromatic ring is 1. The molecule has 0 unspecified atom stereocenters. The number of aliphatic hydroxyl groups excluding tert-OH is 1. The number of carbonyl (C=O) groups is 2. The lowest BCUT2D eigenvalue weighted by Gasteiger charge is -2.06. The number of hydrogen-bond acceptors (Lipinski definition) is 6. The number of allylic oxidation sites excluding steroid dienone is 1. The van der Waals surface area contributed by atoms with E-state index >= 15 is 0 Å². The molecule has 2 aromatic rings. The van der Waals surface area contributed by atoms with E-state index in [0.717, 1.165) is 0 Å². The summed E-state index contributed by atoms with van der Waals surface area (Å²) in [6.45, 7) is 1.32. The van der Waals surface area contributed by atoms with E-state index in [-0.39, 0.29) is 17.0 Å². The minimum atomic E-state index is -0.639. The number of nitrogens with two attached hydrogens (primary N) is 2. The zero-order valence-corrected chi connectivity index (χ0v) is 13.4. The zero-order chi connectivity index (χ0) is 18.4. The van der Waals surface area contributed by atoms with Gasteiger partial charge in [-0.3, -0.25) is 9.59 Å². The van der Waals surface area contributed by atoms with Gasteiger partial charge in [-0.05, 0) is 49.4 Å². The average Bonchev–Trinajstić information content (AvgIpc) is 2.57. The van der Waals surface area contributed by atoms with Crippen molar-refractivity contribution >= 4 is 28.9 Å². The van der Waals surface area contributed by atoms with Crippen molar-refractivity contribution in [3.63, 3.8) is 0 Å². The zero-order valence-electron chi connectivity index (χ0n) is 13.4. The smallest absolute Gasteiger partial charge is 0.279 e. The first-order chi connectivity index (χ1) is 11.9. The summed E-state index contributed by atoms with van der Waals surface area (Å²) >= 11 is 0.